The summed E-state index contributed by atoms with van der Waals surface area (Å²) in [4.78, 5) is 31.7. The van der Waals surface area contributed by atoms with E-state index in [1.807, 2.05) is 0 Å². The summed E-state index contributed by atoms with van der Waals surface area (Å²) in [5.74, 6) is -2.44. The van der Waals surface area contributed by atoms with Crippen LogP contribution in [0.3, 0.4) is 0 Å². The Hall–Kier alpha value is -2.51. The topological polar surface area (TPSA) is 95.7 Å². The number of nitrogens with zero attached hydrogens (tertiary/aromatic N) is 1. The van der Waals surface area contributed by atoms with Crippen LogP contribution in [0.1, 0.15) is 25.7 Å². The summed E-state index contributed by atoms with van der Waals surface area (Å²) < 4.78 is 22.3. The van der Waals surface area contributed by atoms with Gasteiger partial charge in [0.25, 0.3) is 12.0 Å². The third-order valence-electron chi connectivity index (χ3n) is 1.99. The SMILES string of the molecule is CC(=O)OC(OC(C)=O)c1ccc(F)cc1[N+](=O)[O-]. The summed E-state index contributed by atoms with van der Waals surface area (Å²) in [5.41, 5.74) is -0.871. The molecule has 7 nitrogen and oxygen atoms in total. The van der Waals surface area contributed by atoms with Gasteiger partial charge in [-0.3, -0.25) is 19.7 Å². The van der Waals surface area contributed by atoms with Crippen LogP contribution in [0.25, 0.3) is 0 Å². The van der Waals surface area contributed by atoms with Crippen LogP contribution in [0.15, 0.2) is 18.2 Å². The second-order valence-electron chi connectivity index (χ2n) is 3.51. The summed E-state index contributed by atoms with van der Waals surface area (Å²) in [6, 6.07) is 2.60. The van der Waals surface area contributed by atoms with Crippen LogP contribution >= 0.6 is 0 Å². The molecular weight excluding hydrogens is 261 g/mol. The van der Waals surface area contributed by atoms with Crippen molar-refractivity contribution in [1.82, 2.24) is 0 Å². The van der Waals surface area contributed by atoms with E-state index >= 15 is 0 Å². The van der Waals surface area contributed by atoms with Gasteiger partial charge in [0.15, 0.2) is 0 Å². The molecule has 102 valence electrons. The van der Waals surface area contributed by atoms with Crippen molar-refractivity contribution in [3.63, 3.8) is 0 Å². The van der Waals surface area contributed by atoms with Crippen molar-refractivity contribution in [3.8, 4) is 0 Å². The first-order valence-corrected chi connectivity index (χ1v) is 5.09. The van der Waals surface area contributed by atoms with E-state index in [1.165, 1.54) is 0 Å². The first-order valence-electron chi connectivity index (χ1n) is 5.09. The summed E-state index contributed by atoms with van der Waals surface area (Å²) in [7, 11) is 0. The van der Waals surface area contributed by atoms with Gasteiger partial charge < -0.3 is 9.47 Å². The molecule has 0 atom stereocenters. The fraction of sp³-hybridized carbons (Fsp3) is 0.273. The minimum absolute atomic E-state index is 0.225. The smallest absolute Gasteiger partial charge is 0.305 e. The minimum atomic E-state index is -1.59. The van der Waals surface area contributed by atoms with Crippen LogP contribution in [0.2, 0.25) is 0 Å². The molecule has 8 heteroatoms. The summed E-state index contributed by atoms with van der Waals surface area (Å²) in [6.07, 6.45) is -1.59. The van der Waals surface area contributed by atoms with Crippen molar-refractivity contribution in [2.75, 3.05) is 0 Å². The van der Waals surface area contributed by atoms with E-state index in [-0.39, 0.29) is 5.56 Å². The maximum Gasteiger partial charge on any atom is 0.305 e. The van der Waals surface area contributed by atoms with Crippen LogP contribution in [-0.4, -0.2) is 16.9 Å². The predicted octanol–water partition coefficient (Wildman–Crippen LogP) is 1.86. The van der Waals surface area contributed by atoms with Gasteiger partial charge in [-0.15, -0.1) is 0 Å². The Morgan fingerprint density at radius 3 is 2.21 bits per heavy atom. The molecular formula is C11H10FNO6. The fourth-order valence-corrected chi connectivity index (χ4v) is 1.33. The highest BCUT2D eigenvalue weighted by Gasteiger charge is 2.27. The zero-order chi connectivity index (χ0) is 14.6. The molecule has 1 aromatic rings. The Bertz CT molecular complexity index is 514. The van der Waals surface area contributed by atoms with Gasteiger partial charge in [-0.1, -0.05) is 0 Å². The first kappa shape index (κ1) is 14.6. The molecule has 0 aliphatic carbocycles. The first-order chi connectivity index (χ1) is 8.81. The van der Waals surface area contributed by atoms with Gasteiger partial charge in [0.2, 0.25) is 0 Å². The van der Waals surface area contributed by atoms with Gasteiger partial charge in [0.1, 0.15) is 11.4 Å². The number of ether oxygens (including phenoxy) is 2. The van der Waals surface area contributed by atoms with Crippen LogP contribution < -0.4 is 0 Å². The lowest BCUT2D eigenvalue weighted by atomic mass is 10.1. The van der Waals surface area contributed by atoms with E-state index in [1.54, 1.807) is 0 Å². The number of hydrogen-bond acceptors (Lipinski definition) is 6. The van der Waals surface area contributed by atoms with Gasteiger partial charge in [-0.05, 0) is 12.1 Å². The number of carbonyl (C=O) groups is 2. The molecule has 1 aromatic carbocycles. The van der Waals surface area contributed by atoms with E-state index in [4.69, 9.17) is 0 Å². The number of nitro groups is 1. The van der Waals surface area contributed by atoms with Crippen molar-refractivity contribution in [1.29, 1.82) is 0 Å². The number of halogens is 1. The molecule has 0 radical (unpaired) electrons. The van der Waals surface area contributed by atoms with Crippen molar-refractivity contribution in [2.24, 2.45) is 0 Å². The lowest BCUT2D eigenvalue weighted by molar-refractivity contribution is -0.387. The van der Waals surface area contributed by atoms with Gasteiger partial charge in [0.05, 0.1) is 11.0 Å². The van der Waals surface area contributed by atoms with E-state index < -0.39 is 34.7 Å². The molecule has 0 fully saturated rings. The molecule has 0 heterocycles. The summed E-state index contributed by atoms with van der Waals surface area (Å²) >= 11 is 0. The second kappa shape index (κ2) is 5.89. The minimum Gasteiger partial charge on any atom is -0.420 e. The second-order valence-corrected chi connectivity index (χ2v) is 3.51. The average Bonchev–Trinajstić information content (AvgIpc) is 2.26. The zero-order valence-corrected chi connectivity index (χ0v) is 10.1. The molecule has 0 saturated carbocycles. The van der Waals surface area contributed by atoms with Gasteiger partial charge in [-0.2, -0.15) is 0 Å². The number of rotatable bonds is 4. The predicted molar refractivity (Wildman–Crippen MR) is 59.3 cm³/mol. The Kier molecular flexibility index (Phi) is 4.51. The standard InChI is InChI=1S/C11H10FNO6/c1-6(14)18-11(19-7(2)15)9-4-3-8(12)5-10(9)13(16)17/h3-5,11H,1-2H3. The van der Waals surface area contributed by atoms with E-state index in [0.29, 0.717) is 6.07 Å². The number of nitro benzene ring substituents is 1. The molecule has 1 rings (SSSR count). The Balaban J connectivity index is 3.24. The van der Waals surface area contributed by atoms with Crippen LogP contribution in [0.5, 0.6) is 0 Å². The van der Waals surface area contributed by atoms with Crippen molar-refractivity contribution < 1.29 is 28.4 Å². The van der Waals surface area contributed by atoms with Crippen molar-refractivity contribution >= 4 is 17.6 Å². The fourth-order valence-electron chi connectivity index (χ4n) is 1.33. The lowest BCUT2D eigenvalue weighted by Gasteiger charge is -2.16. The highest BCUT2D eigenvalue weighted by atomic mass is 19.1. The molecule has 0 bridgehead atoms. The van der Waals surface area contributed by atoms with Crippen molar-refractivity contribution in [2.45, 2.75) is 20.1 Å². The maximum atomic E-state index is 13.0. The average molecular weight is 271 g/mol. The monoisotopic (exact) mass is 271 g/mol. The summed E-state index contributed by atoms with van der Waals surface area (Å²) in [5, 5.41) is 10.8. The third kappa shape index (κ3) is 4.02. The molecule has 0 aliphatic heterocycles. The molecule has 0 N–H and O–H groups in total. The molecule has 0 saturated heterocycles. The molecule has 19 heavy (non-hydrogen) atoms. The number of hydrogen-bond donors (Lipinski definition) is 0. The largest absolute Gasteiger partial charge is 0.420 e. The highest BCUT2D eigenvalue weighted by Crippen LogP contribution is 2.29. The summed E-state index contributed by atoms with van der Waals surface area (Å²) in [6.45, 7) is 2.09. The zero-order valence-electron chi connectivity index (χ0n) is 10.1. The molecule has 0 amide bonds. The quantitative estimate of drug-likeness (QED) is 0.359. The number of esters is 2. The normalized spacial score (nSPS) is 10.1. The Morgan fingerprint density at radius 1 is 1.26 bits per heavy atom. The number of benzene rings is 1. The van der Waals surface area contributed by atoms with Crippen LogP contribution in [-0.2, 0) is 19.1 Å². The van der Waals surface area contributed by atoms with E-state index in [0.717, 1.165) is 26.0 Å². The molecule has 0 unspecified atom stereocenters. The van der Waals surface area contributed by atoms with Gasteiger partial charge >= 0.3 is 11.9 Å². The van der Waals surface area contributed by atoms with E-state index in [9.17, 15) is 24.1 Å². The molecule has 0 aromatic heterocycles. The Labute approximate surface area is 107 Å². The van der Waals surface area contributed by atoms with Crippen LogP contribution in [0.4, 0.5) is 10.1 Å². The maximum absolute atomic E-state index is 13.0. The highest BCUT2D eigenvalue weighted by molar-refractivity contribution is 5.68. The lowest BCUT2D eigenvalue weighted by Crippen LogP contribution is -2.16. The van der Waals surface area contributed by atoms with Crippen LogP contribution in [0, 0.1) is 15.9 Å². The van der Waals surface area contributed by atoms with Gasteiger partial charge in [-0.25, -0.2) is 4.39 Å². The van der Waals surface area contributed by atoms with E-state index in [2.05, 4.69) is 9.47 Å². The van der Waals surface area contributed by atoms with Crippen molar-refractivity contribution in [3.05, 3.63) is 39.7 Å². The third-order valence-corrected chi connectivity index (χ3v) is 1.99. The Morgan fingerprint density at radius 2 is 1.79 bits per heavy atom. The van der Waals surface area contributed by atoms with Gasteiger partial charge in [0, 0.05) is 13.8 Å². The molecule has 0 aliphatic rings. The number of carbonyl (C=O) groups excluding carboxylic acids is 2. The molecule has 0 spiro atoms.